The highest BCUT2D eigenvalue weighted by Crippen LogP contribution is 2.25. The maximum Gasteiger partial charge on any atom is 0.293 e. The van der Waals surface area contributed by atoms with Gasteiger partial charge in [-0.15, -0.1) is 0 Å². The van der Waals surface area contributed by atoms with Gasteiger partial charge in [-0.1, -0.05) is 6.42 Å². The van der Waals surface area contributed by atoms with E-state index in [-0.39, 0.29) is 17.6 Å². The second-order valence-corrected chi connectivity index (χ2v) is 4.33. The summed E-state index contributed by atoms with van der Waals surface area (Å²) in [5.41, 5.74) is -0.130. The van der Waals surface area contributed by atoms with Crippen LogP contribution in [0.5, 0.6) is 0 Å². The maximum atomic E-state index is 11.6. The molecule has 2 rings (SSSR count). The van der Waals surface area contributed by atoms with Crippen LogP contribution in [0.2, 0.25) is 0 Å². The molecule has 2 atom stereocenters. The highest BCUT2D eigenvalue weighted by Gasteiger charge is 2.25. The number of aryl methyl sites for hydroxylation is 1. The molecule has 5 heteroatoms. The Balaban J connectivity index is 1.99. The van der Waals surface area contributed by atoms with E-state index in [1.54, 1.807) is 19.4 Å². The van der Waals surface area contributed by atoms with E-state index in [1.807, 2.05) is 0 Å². The van der Waals surface area contributed by atoms with E-state index in [0.717, 1.165) is 19.3 Å². The first-order chi connectivity index (χ1) is 7.68. The fourth-order valence-electron chi connectivity index (χ4n) is 2.10. The molecule has 1 aliphatic carbocycles. The number of aliphatic hydroxyl groups excluding tert-OH is 1. The van der Waals surface area contributed by atoms with Gasteiger partial charge in [0.2, 0.25) is 0 Å². The lowest BCUT2D eigenvalue weighted by atomic mass is 10.1. The molecule has 1 aromatic heterocycles. The zero-order valence-electron chi connectivity index (χ0n) is 9.39. The van der Waals surface area contributed by atoms with Crippen molar-refractivity contribution in [1.29, 1.82) is 0 Å². The minimum atomic E-state index is -0.236. The molecule has 0 saturated heterocycles. The van der Waals surface area contributed by atoms with Crippen LogP contribution in [-0.4, -0.2) is 27.3 Å². The summed E-state index contributed by atoms with van der Waals surface area (Å²) < 4.78 is 1.49. The molecule has 0 aliphatic heterocycles. The summed E-state index contributed by atoms with van der Waals surface area (Å²) >= 11 is 0. The molecule has 1 aliphatic rings. The molecule has 0 bridgehead atoms. The predicted molar refractivity (Wildman–Crippen MR) is 61.3 cm³/mol. The first-order valence-electron chi connectivity index (χ1n) is 5.62. The number of anilines is 1. The van der Waals surface area contributed by atoms with Gasteiger partial charge in [0.1, 0.15) is 0 Å². The third kappa shape index (κ3) is 2.24. The average Bonchev–Trinajstić information content (AvgIpc) is 2.67. The van der Waals surface area contributed by atoms with Crippen molar-refractivity contribution in [2.75, 3.05) is 11.9 Å². The van der Waals surface area contributed by atoms with Crippen LogP contribution in [0.3, 0.4) is 0 Å². The molecule has 5 nitrogen and oxygen atoms in total. The second-order valence-electron chi connectivity index (χ2n) is 4.33. The van der Waals surface area contributed by atoms with Crippen LogP contribution in [0.15, 0.2) is 17.2 Å². The van der Waals surface area contributed by atoms with E-state index < -0.39 is 0 Å². The third-order valence-electron chi connectivity index (χ3n) is 3.17. The van der Waals surface area contributed by atoms with E-state index >= 15 is 0 Å². The standard InChI is InChI=1S/C11H17N3O2/c1-14-6-5-12-10(11(14)16)13-7-8-3-2-4-9(8)15/h5-6,8-9,15H,2-4,7H2,1H3,(H,12,13). The van der Waals surface area contributed by atoms with Crippen LogP contribution in [0.4, 0.5) is 5.82 Å². The first kappa shape index (κ1) is 11.1. The van der Waals surface area contributed by atoms with Gasteiger partial charge in [0.15, 0.2) is 5.82 Å². The minimum absolute atomic E-state index is 0.130. The topological polar surface area (TPSA) is 67.2 Å². The second kappa shape index (κ2) is 4.65. The monoisotopic (exact) mass is 223 g/mol. The van der Waals surface area contributed by atoms with E-state index in [0.29, 0.717) is 12.4 Å². The van der Waals surface area contributed by atoms with E-state index in [2.05, 4.69) is 10.3 Å². The van der Waals surface area contributed by atoms with Crippen LogP contribution in [0.25, 0.3) is 0 Å². The number of aromatic nitrogens is 2. The average molecular weight is 223 g/mol. The molecule has 2 N–H and O–H groups in total. The lowest BCUT2D eigenvalue weighted by Gasteiger charge is -2.15. The summed E-state index contributed by atoms with van der Waals surface area (Å²) in [6.45, 7) is 0.618. The Morgan fingerprint density at radius 3 is 3.12 bits per heavy atom. The molecule has 1 heterocycles. The molecule has 16 heavy (non-hydrogen) atoms. The summed E-state index contributed by atoms with van der Waals surface area (Å²) in [7, 11) is 1.69. The largest absolute Gasteiger partial charge is 0.393 e. The number of hydrogen-bond acceptors (Lipinski definition) is 4. The van der Waals surface area contributed by atoms with Crippen LogP contribution >= 0.6 is 0 Å². The van der Waals surface area contributed by atoms with Crippen molar-refractivity contribution < 1.29 is 5.11 Å². The van der Waals surface area contributed by atoms with Crippen molar-refractivity contribution in [2.24, 2.45) is 13.0 Å². The van der Waals surface area contributed by atoms with Crippen LogP contribution in [-0.2, 0) is 7.05 Å². The SMILES string of the molecule is Cn1ccnc(NCC2CCCC2O)c1=O. The Morgan fingerprint density at radius 1 is 1.62 bits per heavy atom. The van der Waals surface area contributed by atoms with Crippen molar-refractivity contribution in [3.8, 4) is 0 Å². The number of nitrogens with zero attached hydrogens (tertiary/aromatic N) is 2. The summed E-state index contributed by atoms with van der Waals surface area (Å²) in [6.07, 6.45) is 5.93. The molecule has 1 fully saturated rings. The molecule has 2 unspecified atom stereocenters. The molecule has 0 amide bonds. The number of rotatable bonds is 3. The fraction of sp³-hybridized carbons (Fsp3) is 0.636. The molecule has 88 valence electrons. The number of aliphatic hydroxyl groups is 1. The summed E-state index contributed by atoms with van der Waals surface area (Å²) in [5, 5.41) is 12.7. The van der Waals surface area contributed by atoms with E-state index in [9.17, 15) is 9.90 Å². The fourth-order valence-corrected chi connectivity index (χ4v) is 2.10. The summed E-state index contributed by atoms with van der Waals surface area (Å²) in [5.74, 6) is 0.607. The molecule has 0 aromatic carbocycles. The van der Waals surface area contributed by atoms with Crippen molar-refractivity contribution in [1.82, 2.24) is 9.55 Å². The summed E-state index contributed by atoms with van der Waals surface area (Å²) in [4.78, 5) is 15.6. The summed E-state index contributed by atoms with van der Waals surface area (Å²) in [6, 6.07) is 0. The van der Waals surface area contributed by atoms with Gasteiger partial charge in [-0.25, -0.2) is 4.98 Å². The Bertz CT molecular complexity index is 416. The van der Waals surface area contributed by atoms with Gasteiger partial charge in [-0.3, -0.25) is 4.79 Å². The van der Waals surface area contributed by atoms with Gasteiger partial charge < -0.3 is 15.0 Å². The number of hydrogen-bond donors (Lipinski definition) is 2. The predicted octanol–water partition coefficient (Wildman–Crippen LogP) is 0.353. The van der Waals surface area contributed by atoms with Crippen molar-refractivity contribution >= 4 is 5.82 Å². The van der Waals surface area contributed by atoms with E-state index in [1.165, 1.54) is 4.57 Å². The third-order valence-corrected chi connectivity index (χ3v) is 3.17. The van der Waals surface area contributed by atoms with Gasteiger partial charge in [0.25, 0.3) is 5.56 Å². The minimum Gasteiger partial charge on any atom is -0.393 e. The van der Waals surface area contributed by atoms with Crippen molar-refractivity contribution in [2.45, 2.75) is 25.4 Å². The highest BCUT2D eigenvalue weighted by molar-refractivity contribution is 5.30. The maximum absolute atomic E-state index is 11.6. The van der Waals surface area contributed by atoms with Crippen LogP contribution < -0.4 is 10.9 Å². The molecule has 0 radical (unpaired) electrons. The first-order valence-corrected chi connectivity index (χ1v) is 5.62. The van der Waals surface area contributed by atoms with Gasteiger partial charge >= 0.3 is 0 Å². The van der Waals surface area contributed by atoms with Gasteiger partial charge in [0, 0.05) is 31.9 Å². The zero-order chi connectivity index (χ0) is 11.5. The Hall–Kier alpha value is -1.36. The quantitative estimate of drug-likeness (QED) is 0.776. The smallest absolute Gasteiger partial charge is 0.293 e. The Morgan fingerprint density at radius 2 is 2.44 bits per heavy atom. The number of nitrogens with one attached hydrogen (secondary N) is 1. The van der Waals surface area contributed by atoms with Crippen molar-refractivity contribution in [3.05, 3.63) is 22.7 Å². The highest BCUT2D eigenvalue weighted by atomic mass is 16.3. The van der Waals surface area contributed by atoms with Gasteiger partial charge in [-0.05, 0) is 12.8 Å². The Labute approximate surface area is 94.1 Å². The van der Waals surface area contributed by atoms with Crippen LogP contribution in [0.1, 0.15) is 19.3 Å². The van der Waals surface area contributed by atoms with Gasteiger partial charge in [-0.2, -0.15) is 0 Å². The molecule has 1 saturated carbocycles. The van der Waals surface area contributed by atoms with Crippen molar-refractivity contribution in [3.63, 3.8) is 0 Å². The molecular weight excluding hydrogens is 206 g/mol. The molecule has 1 aromatic rings. The zero-order valence-corrected chi connectivity index (χ0v) is 9.39. The lowest BCUT2D eigenvalue weighted by Crippen LogP contribution is -2.27. The van der Waals surface area contributed by atoms with Gasteiger partial charge in [0.05, 0.1) is 6.10 Å². The van der Waals surface area contributed by atoms with E-state index in [4.69, 9.17) is 0 Å². The lowest BCUT2D eigenvalue weighted by molar-refractivity contribution is 0.138. The normalized spacial score (nSPS) is 24.6. The molecular formula is C11H17N3O2. The molecule has 0 spiro atoms. The van der Waals surface area contributed by atoms with Crippen LogP contribution in [0, 0.1) is 5.92 Å². The Kier molecular flexibility index (Phi) is 3.24.